The van der Waals surface area contributed by atoms with Gasteiger partial charge in [-0.3, -0.25) is 9.36 Å². The van der Waals surface area contributed by atoms with Crippen LogP contribution >= 0.6 is 11.8 Å². The van der Waals surface area contributed by atoms with Crippen LogP contribution in [-0.4, -0.2) is 45.5 Å². The second-order valence-corrected chi connectivity index (χ2v) is 8.88. The maximum absolute atomic E-state index is 12.5. The summed E-state index contributed by atoms with van der Waals surface area (Å²) in [5.74, 6) is 1.09. The van der Waals surface area contributed by atoms with Crippen LogP contribution in [0, 0.1) is 0 Å². The molecule has 2 heterocycles. The summed E-state index contributed by atoms with van der Waals surface area (Å²) < 4.78 is 2.19. The Morgan fingerprint density at radius 1 is 1.16 bits per heavy atom. The van der Waals surface area contributed by atoms with Gasteiger partial charge in [0.1, 0.15) is 0 Å². The molecule has 7 nitrogen and oxygen atoms in total. The number of para-hydroxylation sites is 1. The number of fused-ring (bicyclic) bond motifs is 1. The van der Waals surface area contributed by atoms with Crippen molar-refractivity contribution in [2.45, 2.75) is 24.0 Å². The molecule has 0 atom stereocenters. The van der Waals surface area contributed by atoms with Crippen molar-refractivity contribution in [3.8, 4) is 11.4 Å². The van der Waals surface area contributed by atoms with Gasteiger partial charge in [-0.05, 0) is 43.2 Å². The minimum Gasteiger partial charge on any atom is -0.378 e. The first-order valence-electron chi connectivity index (χ1n) is 10.3. The van der Waals surface area contributed by atoms with Crippen LogP contribution in [0.25, 0.3) is 22.3 Å². The summed E-state index contributed by atoms with van der Waals surface area (Å²) in [6.07, 6.45) is 4.23. The lowest BCUT2D eigenvalue weighted by Crippen LogP contribution is -2.15. The Bertz CT molecular complexity index is 1220. The quantitative estimate of drug-likeness (QED) is 0.419. The summed E-state index contributed by atoms with van der Waals surface area (Å²) in [5, 5.41) is 13.8. The van der Waals surface area contributed by atoms with Crippen LogP contribution in [0.5, 0.6) is 0 Å². The second kappa shape index (κ2) is 8.11. The molecule has 158 valence electrons. The van der Waals surface area contributed by atoms with Crippen LogP contribution in [0.15, 0.2) is 59.9 Å². The van der Waals surface area contributed by atoms with Gasteiger partial charge in [0.05, 0.1) is 5.75 Å². The number of nitrogens with one attached hydrogen (secondary N) is 2. The zero-order valence-electron chi connectivity index (χ0n) is 17.5. The first kappa shape index (κ1) is 19.7. The summed E-state index contributed by atoms with van der Waals surface area (Å²) in [6.45, 7) is 0. The highest BCUT2D eigenvalue weighted by molar-refractivity contribution is 7.99. The van der Waals surface area contributed by atoms with Gasteiger partial charge >= 0.3 is 0 Å². The fourth-order valence-corrected chi connectivity index (χ4v) is 4.45. The average molecular weight is 433 g/mol. The number of aromatic amines is 1. The first-order chi connectivity index (χ1) is 15.1. The molecule has 0 aliphatic heterocycles. The number of thioether (sulfide) groups is 1. The van der Waals surface area contributed by atoms with Crippen molar-refractivity contribution in [2.75, 3.05) is 30.1 Å². The van der Waals surface area contributed by atoms with Crippen molar-refractivity contribution >= 4 is 39.9 Å². The largest absolute Gasteiger partial charge is 0.378 e. The van der Waals surface area contributed by atoms with Crippen LogP contribution in [-0.2, 0) is 4.79 Å². The monoisotopic (exact) mass is 432 g/mol. The average Bonchev–Trinajstić information content (AvgIpc) is 3.38. The molecule has 0 bridgehead atoms. The minimum absolute atomic E-state index is 0.0541. The van der Waals surface area contributed by atoms with Gasteiger partial charge in [-0.25, -0.2) is 0 Å². The summed E-state index contributed by atoms with van der Waals surface area (Å²) in [5.41, 5.74) is 4.01. The third-order valence-electron chi connectivity index (χ3n) is 5.41. The molecule has 0 radical (unpaired) electrons. The molecule has 0 unspecified atom stereocenters. The van der Waals surface area contributed by atoms with E-state index in [0.29, 0.717) is 6.04 Å². The predicted octanol–water partition coefficient (Wildman–Crippen LogP) is 4.56. The van der Waals surface area contributed by atoms with Crippen LogP contribution in [0.1, 0.15) is 18.9 Å². The van der Waals surface area contributed by atoms with E-state index in [-0.39, 0.29) is 11.7 Å². The highest BCUT2D eigenvalue weighted by Crippen LogP contribution is 2.42. The molecule has 4 aromatic rings. The van der Waals surface area contributed by atoms with Gasteiger partial charge in [-0.15, -0.1) is 10.2 Å². The Labute approximate surface area is 184 Å². The van der Waals surface area contributed by atoms with E-state index < -0.39 is 0 Å². The SMILES string of the molecule is CN(C)c1ccc(NC(=O)CSc2nnc(-c3c[nH]c4ccccc34)n2C2CC2)cc1. The third kappa shape index (κ3) is 4.03. The van der Waals surface area contributed by atoms with Crippen LogP contribution in [0.4, 0.5) is 11.4 Å². The van der Waals surface area contributed by atoms with E-state index in [1.165, 1.54) is 11.8 Å². The number of benzene rings is 2. The van der Waals surface area contributed by atoms with E-state index in [0.717, 1.165) is 51.7 Å². The minimum atomic E-state index is -0.0541. The number of anilines is 2. The third-order valence-corrected chi connectivity index (χ3v) is 6.35. The van der Waals surface area contributed by atoms with Crippen molar-refractivity contribution in [1.29, 1.82) is 0 Å². The molecule has 31 heavy (non-hydrogen) atoms. The second-order valence-electron chi connectivity index (χ2n) is 7.93. The molecule has 1 amide bonds. The van der Waals surface area contributed by atoms with Gasteiger partial charge in [0.15, 0.2) is 11.0 Å². The van der Waals surface area contributed by atoms with Crippen LogP contribution in [0.2, 0.25) is 0 Å². The van der Waals surface area contributed by atoms with Crippen molar-refractivity contribution in [3.63, 3.8) is 0 Å². The molecule has 1 saturated carbocycles. The van der Waals surface area contributed by atoms with E-state index in [1.54, 1.807) is 0 Å². The molecule has 1 aliphatic rings. The van der Waals surface area contributed by atoms with Gasteiger partial charge in [-0.1, -0.05) is 30.0 Å². The lowest BCUT2D eigenvalue weighted by Gasteiger charge is -2.13. The van der Waals surface area contributed by atoms with Crippen molar-refractivity contribution < 1.29 is 4.79 Å². The number of rotatable bonds is 7. The normalized spacial score (nSPS) is 13.5. The van der Waals surface area contributed by atoms with Gasteiger partial charge < -0.3 is 15.2 Å². The highest BCUT2D eigenvalue weighted by Gasteiger charge is 2.31. The van der Waals surface area contributed by atoms with E-state index >= 15 is 0 Å². The standard InChI is InChI=1S/C23H24N6OS/c1-28(2)16-9-7-15(8-10-16)25-21(30)14-31-23-27-26-22(29(23)17-11-12-17)19-13-24-20-6-4-3-5-18(19)20/h3-10,13,17,24H,11-12,14H2,1-2H3,(H,25,30). The number of amides is 1. The molecular weight excluding hydrogens is 408 g/mol. The number of hydrogen-bond acceptors (Lipinski definition) is 5. The van der Waals surface area contributed by atoms with Crippen molar-refractivity contribution in [2.24, 2.45) is 0 Å². The summed E-state index contributed by atoms with van der Waals surface area (Å²) in [7, 11) is 3.98. The molecule has 5 rings (SSSR count). The topological polar surface area (TPSA) is 78.8 Å². The lowest BCUT2D eigenvalue weighted by molar-refractivity contribution is -0.113. The Morgan fingerprint density at radius 3 is 2.68 bits per heavy atom. The Hall–Kier alpha value is -3.26. The number of H-pyrrole nitrogens is 1. The number of carbonyl (C=O) groups is 1. The molecule has 0 saturated heterocycles. The molecule has 8 heteroatoms. The Kier molecular flexibility index (Phi) is 5.15. The number of carbonyl (C=O) groups excluding carboxylic acids is 1. The number of aromatic nitrogens is 4. The first-order valence-corrected chi connectivity index (χ1v) is 11.3. The van der Waals surface area contributed by atoms with Crippen molar-refractivity contribution in [1.82, 2.24) is 19.7 Å². The molecule has 2 N–H and O–H groups in total. The smallest absolute Gasteiger partial charge is 0.234 e. The summed E-state index contributed by atoms with van der Waals surface area (Å²) in [4.78, 5) is 17.8. The fraction of sp³-hybridized carbons (Fsp3) is 0.261. The lowest BCUT2D eigenvalue weighted by atomic mass is 10.1. The maximum atomic E-state index is 12.5. The van der Waals surface area contributed by atoms with E-state index in [9.17, 15) is 4.79 Å². The van der Waals surface area contributed by atoms with Gasteiger partial charge in [0, 0.05) is 54.2 Å². The summed E-state index contributed by atoms with van der Waals surface area (Å²) >= 11 is 1.43. The van der Waals surface area contributed by atoms with E-state index in [4.69, 9.17) is 0 Å². The van der Waals surface area contributed by atoms with Crippen LogP contribution in [0.3, 0.4) is 0 Å². The van der Waals surface area contributed by atoms with Gasteiger partial charge in [-0.2, -0.15) is 0 Å². The number of nitrogens with zero attached hydrogens (tertiary/aromatic N) is 4. The summed E-state index contributed by atoms with van der Waals surface area (Å²) in [6, 6.07) is 16.4. The molecule has 1 fully saturated rings. The number of hydrogen-bond donors (Lipinski definition) is 2. The molecular formula is C23H24N6OS. The molecule has 0 spiro atoms. The van der Waals surface area contributed by atoms with E-state index in [2.05, 4.69) is 37.2 Å². The zero-order valence-corrected chi connectivity index (χ0v) is 18.3. The molecule has 1 aliphatic carbocycles. The fourth-order valence-electron chi connectivity index (χ4n) is 3.65. The maximum Gasteiger partial charge on any atom is 0.234 e. The Balaban J connectivity index is 1.31. The highest BCUT2D eigenvalue weighted by atomic mass is 32.2. The van der Waals surface area contributed by atoms with E-state index in [1.807, 2.05) is 61.6 Å². The molecule has 2 aromatic heterocycles. The van der Waals surface area contributed by atoms with Crippen molar-refractivity contribution in [3.05, 3.63) is 54.7 Å². The predicted molar refractivity (Wildman–Crippen MR) is 126 cm³/mol. The van der Waals surface area contributed by atoms with Gasteiger partial charge in [0.2, 0.25) is 5.91 Å². The zero-order chi connectivity index (χ0) is 21.4. The van der Waals surface area contributed by atoms with Crippen LogP contribution < -0.4 is 10.2 Å². The molecule has 2 aromatic carbocycles. The van der Waals surface area contributed by atoms with Gasteiger partial charge in [0.25, 0.3) is 0 Å². The Morgan fingerprint density at radius 2 is 1.94 bits per heavy atom.